The van der Waals surface area contributed by atoms with Crippen molar-refractivity contribution in [3.63, 3.8) is 0 Å². The van der Waals surface area contributed by atoms with Crippen LogP contribution < -0.4 is 9.46 Å². The lowest BCUT2D eigenvalue weighted by Crippen LogP contribution is -2.32. The maximum Gasteiger partial charge on any atom is 0.253 e. The molecule has 2 aromatic carbocycles. The molecule has 28 heavy (non-hydrogen) atoms. The van der Waals surface area contributed by atoms with E-state index in [1.54, 1.807) is 29.2 Å². The molecule has 7 heteroatoms. The molecule has 0 bridgehead atoms. The maximum absolute atomic E-state index is 12.7. The molecule has 1 atom stereocenters. The minimum absolute atomic E-state index is 0.0521. The van der Waals surface area contributed by atoms with Crippen LogP contribution in [0.1, 0.15) is 22.3 Å². The first-order valence-corrected chi connectivity index (χ1v) is 10.7. The van der Waals surface area contributed by atoms with Gasteiger partial charge in [0.05, 0.1) is 0 Å². The molecule has 1 saturated heterocycles. The average Bonchev–Trinajstić information content (AvgIpc) is 3.21. The summed E-state index contributed by atoms with van der Waals surface area (Å²) >= 11 is 0. The van der Waals surface area contributed by atoms with Crippen molar-refractivity contribution in [1.29, 1.82) is 0 Å². The first-order chi connectivity index (χ1) is 13.5. The fourth-order valence-electron chi connectivity index (χ4n) is 3.09. The molecule has 1 aliphatic rings. The van der Waals surface area contributed by atoms with Gasteiger partial charge in [-0.2, -0.15) is 0 Å². The Hall–Kier alpha value is -2.64. The van der Waals surface area contributed by atoms with Gasteiger partial charge in [0.15, 0.2) is 0 Å². The summed E-state index contributed by atoms with van der Waals surface area (Å²) in [4.78, 5) is 14.4. The van der Waals surface area contributed by atoms with Crippen LogP contribution in [0.3, 0.4) is 0 Å². The highest BCUT2D eigenvalue weighted by molar-refractivity contribution is 7.92. The third-order valence-electron chi connectivity index (χ3n) is 4.72. The molecular formula is C21H24N2O4S. The van der Waals surface area contributed by atoms with Crippen molar-refractivity contribution in [3.05, 3.63) is 77.7 Å². The normalized spacial score (nSPS) is 16.7. The minimum Gasteiger partial charge on any atom is -0.489 e. The van der Waals surface area contributed by atoms with Crippen LogP contribution in [0.25, 0.3) is 0 Å². The van der Waals surface area contributed by atoms with Gasteiger partial charge in [0, 0.05) is 30.6 Å². The molecule has 1 amide bonds. The van der Waals surface area contributed by atoms with Crippen molar-refractivity contribution < 1.29 is 17.9 Å². The summed E-state index contributed by atoms with van der Waals surface area (Å²) in [5.74, 6) is 0.759. The Kier molecular flexibility index (Phi) is 6.49. The van der Waals surface area contributed by atoms with Crippen LogP contribution in [0.5, 0.6) is 5.75 Å². The van der Waals surface area contributed by atoms with Crippen LogP contribution in [-0.4, -0.2) is 38.9 Å². The van der Waals surface area contributed by atoms with Crippen molar-refractivity contribution >= 4 is 15.9 Å². The standard InChI is InChI=1S/C21H24N2O4S/c1-2-28(25,26)22-14-18-12-13-23(15-18)21(24)19-8-10-20(11-9-19)27-16-17-6-4-3-5-7-17/h2-11,18,22H,1,12-16H2/t18-/m1/s1. The highest BCUT2D eigenvalue weighted by atomic mass is 32.2. The van der Waals surface area contributed by atoms with E-state index in [2.05, 4.69) is 11.3 Å². The Morgan fingerprint density at radius 3 is 2.57 bits per heavy atom. The van der Waals surface area contributed by atoms with Gasteiger partial charge in [0.1, 0.15) is 12.4 Å². The van der Waals surface area contributed by atoms with Gasteiger partial charge in [0.25, 0.3) is 5.91 Å². The number of nitrogens with one attached hydrogen (secondary N) is 1. The zero-order valence-electron chi connectivity index (χ0n) is 15.6. The molecule has 2 aromatic rings. The lowest BCUT2D eigenvalue weighted by molar-refractivity contribution is 0.0787. The second-order valence-corrected chi connectivity index (χ2v) is 8.48. The Morgan fingerprint density at radius 2 is 1.89 bits per heavy atom. The van der Waals surface area contributed by atoms with E-state index < -0.39 is 10.0 Å². The van der Waals surface area contributed by atoms with Crippen LogP contribution in [0.4, 0.5) is 0 Å². The van der Waals surface area contributed by atoms with Gasteiger partial charge >= 0.3 is 0 Å². The molecule has 0 saturated carbocycles. The van der Waals surface area contributed by atoms with Crippen molar-refractivity contribution in [1.82, 2.24) is 9.62 Å². The molecule has 1 aliphatic heterocycles. The molecule has 0 unspecified atom stereocenters. The maximum atomic E-state index is 12.7. The van der Waals surface area contributed by atoms with Gasteiger partial charge in [-0.25, -0.2) is 13.1 Å². The average molecular weight is 401 g/mol. The SMILES string of the molecule is C=CS(=O)(=O)NC[C@H]1CCN(C(=O)c2ccc(OCc3ccccc3)cc2)C1. The third kappa shape index (κ3) is 5.43. The molecule has 148 valence electrons. The fraction of sp³-hybridized carbons (Fsp3) is 0.286. The number of amides is 1. The number of ether oxygens (including phenoxy) is 1. The molecule has 0 aromatic heterocycles. The highest BCUT2D eigenvalue weighted by Gasteiger charge is 2.27. The number of sulfonamides is 1. The van der Waals surface area contributed by atoms with Gasteiger partial charge in [0.2, 0.25) is 10.0 Å². The Bertz CT molecular complexity index is 911. The second-order valence-electron chi connectivity index (χ2n) is 6.76. The monoisotopic (exact) mass is 400 g/mol. The van der Waals surface area contributed by atoms with Crippen LogP contribution in [0.15, 0.2) is 66.6 Å². The largest absolute Gasteiger partial charge is 0.489 e. The van der Waals surface area contributed by atoms with E-state index >= 15 is 0 Å². The second kappa shape index (κ2) is 9.03. The summed E-state index contributed by atoms with van der Waals surface area (Å²) in [5.41, 5.74) is 1.68. The van der Waals surface area contributed by atoms with Crippen molar-refractivity contribution in [3.8, 4) is 5.75 Å². The van der Waals surface area contributed by atoms with Gasteiger partial charge < -0.3 is 9.64 Å². The van der Waals surface area contributed by atoms with Crippen molar-refractivity contribution in [2.45, 2.75) is 13.0 Å². The van der Waals surface area contributed by atoms with Crippen LogP contribution >= 0.6 is 0 Å². The third-order valence-corrected chi connectivity index (χ3v) is 5.72. The zero-order chi connectivity index (χ0) is 20.0. The van der Waals surface area contributed by atoms with E-state index in [4.69, 9.17) is 4.74 Å². The van der Waals surface area contributed by atoms with E-state index in [9.17, 15) is 13.2 Å². The van der Waals surface area contributed by atoms with E-state index in [0.29, 0.717) is 37.6 Å². The summed E-state index contributed by atoms with van der Waals surface area (Å²) in [6.07, 6.45) is 0.768. The number of benzene rings is 2. The molecule has 0 radical (unpaired) electrons. The summed E-state index contributed by atoms with van der Waals surface area (Å²) in [7, 11) is -3.43. The first-order valence-electron chi connectivity index (χ1n) is 9.15. The van der Waals surface area contributed by atoms with Crippen molar-refractivity contribution in [2.24, 2.45) is 5.92 Å². The summed E-state index contributed by atoms with van der Waals surface area (Å²) in [6.45, 7) is 5.21. The molecule has 0 aliphatic carbocycles. The minimum atomic E-state index is -3.43. The van der Waals surface area contributed by atoms with Gasteiger partial charge in [-0.15, -0.1) is 0 Å². The molecular weight excluding hydrogens is 376 g/mol. The number of carbonyl (C=O) groups excluding carboxylic acids is 1. The zero-order valence-corrected chi connectivity index (χ0v) is 16.4. The molecule has 1 fully saturated rings. The number of hydrogen-bond donors (Lipinski definition) is 1. The summed E-state index contributed by atoms with van der Waals surface area (Å²) in [5, 5.41) is 0.895. The molecule has 1 N–H and O–H groups in total. The highest BCUT2D eigenvalue weighted by Crippen LogP contribution is 2.20. The fourth-order valence-corrected chi connectivity index (χ4v) is 3.68. The lowest BCUT2D eigenvalue weighted by atomic mass is 10.1. The number of hydrogen-bond acceptors (Lipinski definition) is 4. The predicted octanol–water partition coefficient (Wildman–Crippen LogP) is 2.79. The lowest BCUT2D eigenvalue weighted by Gasteiger charge is -2.17. The van der Waals surface area contributed by atoms with Crippen LogP contribution in [0.2, 0.25) is 0 Å². The van der Waals surface area contributed by atoms with E-state index in [-0.39, 0.29) is 11.8 Å². The Balaban J connectivity index is 1.51. The van der Waals surface area contributed by atoms with Gasteiger partial charge in [-0.05, 0) is 42.2 Å². The number of carbonyl (C=O) groups is 1. The topological polar surface area (TPSA) is 75.7 Å². The van der Waals surface area contributed by atoms with E-state index in [0.717, 1.165) is 17.4 Å². The predicted molar refractivity (Wildman–Crippen MR) is 108 cm³/mol. The van der Waals surface area contributed by atoms with Crippen LogP contribution in [0, 0.1) is 5.92 Å². The van der Waals surface area contributed by atoms with E-state index in [1.165, 1.54) is 0 Å². The molecule has 6 nitrogen and oxygen atoms in total. The molecule has 1 heterocycles. The Labute approximate surface area is 165 Å². The van der Waals surface area contributed by atoms with Gasteiger partial charge in [-0.1, -0.05) is 36.9 Å². The smallest absolute Gasteiger partial charge is 0.253 e. The summed E-state index contributed by atoms with van der Waals surface area (Å²) in [6, 6.07) is 17.0. The Morgan fingerprint density at radius 1 is 1.18 bits per heavy atom. The molecule has 3 rings (SSSR count). The summed E-state index contributed by atoms with van der Waals surface area (Å²) < 4.78 is 31.1. The van der Waals surface area contributed by atoms with Crippen LogP contribution in [-0.2, 0) is 16.6 Å². The number of likely N-dealkylation sites (tertiary alicyclic amines) is 1. The van der Waals surface area contributed by atoms with E-state index in [1.807, 2.05) is 30.3 Å². The first kappa shape index (κ1) is 20.1. The van der Waals surface area contributed by atoms with Crippen molar-refractivity contribution in [2.75, 3.05) is 19.6 Å². The molecule has 0 spiro atoms. The quantitative estimate of drug-likeness (QED) is 0.739. The number of rotatable bonds is 8. The van der Waals surface area contributed by atoms with Gasteiger partial charge in [-0.3, -0.25) is 4.79 Å². The number of nitrogens with zero attached hydrogens (tertiary/aromatic N) is 1.